The van der Waals surface area contributed by atoms with Gasteiger partial charge in [0.15, 0.2) is 0 Å². The fourth-order valence-electron chi connectivity index (χ4n) is 3.68. The highest BCUT2D eigenvalue weighted by molar-refractivity contribution is 8.77. The highest BCUT2D eigenvalue weighted by Crippen LogP contribution is 2.39. The molecular weight excluding hydrogens is 504 g/mol. The molecule has 1 heterocycles. The van der Waals surface area contributed by atoms with Crippen LogP contribution in [0.25, 0.3) is 0 Å². The van der Waals surface area contributed by atoms with Gasteiger partial charge in [-0.3, -0.25) is 14.4 Å². The summed E-state index contributed by atoms with van der Waals surface area (Å²) in [5, 5.41) is 34.5. The average molecular weight is 543 g/mol. The van der Waals surface area contributed by atoms with E-state index >= 15 is 0 Å². The van der Waals surface area contributed by atoms with Crippen LogP contribution in [0.5, 0.6) is 5.75 Å². The molecule has 0 spiro atoms. The molecule has 0 radical (unpaired) electrons. The summed E-state index contributed by atoms with van der Waals surface area (Å²) in [4.78, 5) is 37.2. The second-order valence-electron chi connectivity index (χ2n) is 8.83. The minimum absolute atomic E-state index is 0.0518. The van der Waals surface area contributed by atoms with Crippen LogP contribution >= 0.6 is 21.6 Å². The number of carbonyl (C=O) groups excluding carboxylic acids is 3. The van der Waals surface area contributed by atoms with Crippen molar-refractivity contribution >= 4 is 39.4 Å². The van der Waals surface area contributed by atoms with Crippen molar-refractivity contribution < 1.29 is 34.4 Å². The number of aliphatic hydroxyl groups excluding tert-OH is 2. The van der Waals surface area contributed by atoms with Gasteiger partial charge in [0.05, 0.1) is 31.3 Å². The van der Waals surface area contributed by atoms with Crippen LogP contribution in [0.3, 0.4) is 0 Å². The summed E-state index contributed by atoms with van der Waals surface area (Å²) in [5.74, 6) is -1.10. The molecule has 0 bridgehead atoms. The van der Waals surface area contributed by atoms with Gasteiger partial charge in [-0.1, -0.05) is 40.1 Å². The van der Waals surface area contributed by atoms with Crippen LogP contribution in [-0.2, 0) is 14.3 Å². The lowest BCUT2D eigenvalue weighted by Crippen LogP contribution is -2.32. The monoisotopic (exact) mass is 542 g/mol. The number of hydrogen-bond donors (Lipinski definition) is 5. The Hall–Kier alpha value is -1.95. The quantitative estimate of drug-likeness (QED) is 0.114. The fraction of sp³-hybridized carbons (Fsp3) is 0.640. The first-order valence-electron chi connectivity index (χ1n) is 12.4. The third kappa shape index (κ3) is 11.4. The van der Waals surface area contributed by atoms with Crippen LogP contribution in [0.2, 0.25) is 0 Å². The third-order valence-corrected chi connectivity index (χ3v) is 8.97. The zero-order valence-electron chi connectivity index (χ0n) is 20.5. The maximum atomic E-state index is 12.6. The Morgan fingerprint density at radius 1 is 1.06 bits per heavy atom. The second-order valence-corrected chi connectivity index (χ2v) is 11.6. The number of ether oxygens (including phenoxy) is 1. The third-order valence-electron chi connectivity index (χ3n) is 5.96. The summed E-state index contributed by atoms with van der Waals surface area (Å²) in [6.07, 6.45) is 5.28. The van der Waals surface area contributed by atoms with Gasteiger partial charge in [-0.05, 0) is 44.2 Å². The molecule has 2 unspecified atom stereocenters. The number of phenols is 1. The number of benzene rings is 1. The van der Waals surface area contributed by atoms with E-state index in [1.807, 2.05) is 21.6 Å². The Morgan fingerprint density at radius 3 is 2.44 bits per heavy atom. The largest absolute Gasteiger partial charge is 0.507 e. The fourth-order valence-corrected chi connectivity index (χ4v) is 6.71. The minimum atomic E-state index is -0.593. The van der Waals surface area contributed by atoms with Gasteiger partial charge < -0.3 is 30.7 Å². The van der Waals surface area contributed by atoms with Crippen molar-refractivity contribution in [3.8, 4) is 5.75 Å². The Kier molecular flexibility index (Phi) is 14.7. The summed E-state index contributed by atoms with van der Waals surface area (Å²) < 4.78 is 5.27. The molecule has 5 N–H and O–H groups in total. The lowest BCUT2D eigenvalue weighted by atomic mass is 10.0. The Labute approximate surface area is 220 Å². The number of rotatable bonds is 17. The van der Waals surface area contributed by atoms with Crippen molar-refractivity contribution in [2.75, 3.05) is 38.7 Å². The molecule has 1 aromatic carbocycles. The number of esters is 1. The maximum absolute atomic E-state index is 12.6. The number of carbonyl (C=O) groups is 3. The molecule has 1 saturated heterocycles. The molecule has 202 valence electrons. The molecule has 11 heteroatoms. The van der Waals surface area contributed by atoms with E-state index in [9.17, 15) is 29.7 Å². The van der Waals surface area contributed by atoms with Gasteiger partial charge in [-0.2, -0.15) is 0 Å². The molecule has 1 fully saturated rings. The molecular formula is C25H38N2O7S2. The number of aliphatic hydroxyl groups is 2. The van der Waals surface area contributed by atoms with E-state index in [-0.39, 0.29) is 50.0 Å². The van der Waals surface area contributed by atoms with Crippen molar-refractivity contribution in [2.45, 2.75) is 50.2 Å². The topological polar surface area (TPSA) is 145 Å². The zero-order valence-corrected chi connectivity index (χ0v) is 22.2. The SMILES string of the molecule is O=C(CCCCC1CCSS1)NCCC(CCNC(=O)c1ccccc1O)C(=O)OCC(CO)CO. The summed E-state index contributed by atoms with van der Waals surface area (Å²) in [6.45, 7) is -0.262. The molecule has 1 aliphatic heterocycles. The van der Waals surface area contributed by atoms with E-state index in [0.717, 1.165) is 19.3 Å². The van der Waals surface area contributed by atoms with E-state index in [0.29, 0.717) is 24.6 Å². The maximum Gasteiger partial charge on any atom is 0.309 e. The summed E-state index contributed by atoms with van der Waals surface area (Å²) in [7, 11) is 3.86. The zero-order chi connectivity index (χ0) is 26.2. The number of phenolic OH excluding ortho intramolecular Hbond substituents is 1. The van der Waals surface area contributed by atoms with E-state index in [2.05, 4.69) is 10.6 Å². The van der Waals surface area contributed by atoms with Gasteiger partial charge in [0.1, 0.15) is 5.75 Å². The second kappa shape index (κ2) is 17.5. The number of hydrogen-bond acceptors (Lipinski definition) is 9. The number of unbranched alkanes of at least 4 members (excludes halogenated alkanes) is 1. The van der Waals surface area contributed by atoms with Crippen molar-refractivity contribution in [3.05, 3.63) is 29.8 Å². The number of nitrogens with one attached hydrogen (secondary N) is 2. The van der Waals surface area contributed by atoms with Crippen LogP contribution in [0.15, 0.2) is 24.3 Å². The van der Waals surface area contributed by atoms with E-state index in [1.165, 1.54) is 24.3 Å². The summed E-state index contributed by atoms with van der Waals surface area (Å²) in [5.41, 5.74) is 0.142. The van der Waals surface area contributed by atoms with E-state index < -0.39 is 23.7 Å². The average Bonchev–Trinajstić information content (AvgIpc) is 3.40. The first-order valence-corrected chi connectivity index (χ1v) is 14.8. The van der Waals surface area contributed by atoms with Gasteiger partial charge in [0.2, 0.25) is 5.91 Å². The van der Waals surface area contributed by atoms with Gasteiger partial charge >= 0.3 is 5.97 Å². The van der Waals surface area contributed by atoms with Gasteiger partial charge in [-0.15, -0.1) is 0 Å². The first-order chi connectivity index (χ1) is 17.4. The number of amides is 2. The molecule has 0 aliphatic carbocycles. The van der Waals surface area contributed by atoms with Crippen molar-refractivity contribution in [3.63, 3.8) is 0 Å². The Morgan fingerprint density at radius 2 is 1.78 bits per heavy atom. The van der Waals surface area contributed by atoms with Gasteiger partial charge in [-0.25, -0.2) is 0 Å². The van der Waals surface area contributed by atoms with Gasteiger partial charge in [0, 0.05) is 36.4 Å². The first kappa shape index (κ1) is 30.3. The predicted molar refractivity (Wildman–Crippen MR) is 142 cm³/mol. The molecule has 2 rings (SSSR count). The van der Waals surface area contributed by atoms with Crippen molar-refractivity contribution in [1.29, 1.82) is 0 Å². The molecule has 1 aromatic rings. The molecule has 1 aliphatic rings. The molecule has 0 saturated carbocycles. The van der Waals surface area contributed by atoms with Gasteiger partial charge in [0.25, 0.3) is 5.91 Å². The molecule has 2 amide bonds. The van der Waals surface area contributed by atoms with Crippen molar-refractivity contribution in [1.82, 2.24) is 10.6 Å². The van der Waals surface area contributed by atoms with Crippen molar-refractivity contribution in [2.24, 2.45) is 11.8 Å². The number of aromatic hydroxyl groups is 1. The van der Waals surface area contributed by atoms with E-state index in [1.54, 1.807) is 12.1 Å². The Bertz CT molecular complexity index is 817. The van der Waals surface area contributed by atoms with Crippen LogP contribution < -0.4 is 10.6 Å². The molecule has 0 aromatic heterocycles. The molecule has 9 nitrogen and oxygen atoms in total. The van der Waals surface area contributed by atoms with Crippen LogP contribution in [-0.4, -0.2) is 77.0 Å². The smallest absolute Gasteiger partial charge is 0.309 e. The summed E-state index contributed by atoms with van der Waals surface area (Å²) in [6, 6.07) is 6.18. The minimum Gasteiger partial charge on any atom is -0.507 e. The standard InChI is InChI=1S/C25H38N2O7S2/c28-15-18(16-29)17-34-25(33)19(10-13-27-24(32)21-6-2-3-7-22(21)30)9-12-26-23(31)8-4-1-5-20-11-14-35-36-20/h2-3,6-7,18-20,28-30H,1,4-5,8-17H2,(H,26,31)(H,27,32). The molecule has 36 heavy (non-hydrogen) atoms. The molecule has 2 atom stereocenters. The Balaban J connectivity index is 1.76. The highest BCUT2D eigenvalue weighted by Gasteiger charge is 2.22. The summed E-state index contributed by atoms with van der Waals surface area (Å²) >= 11 is 0. The normalized spacial score (nSPS) is 16.0. The lowest BCUT2D eigenvalue weighted by molar-refractivity contribution is -0.151. The predicted octanol–water partition coefficient (Wildman–Crippen LogP) is 2.49. The lowest BCUT2D eigenvalue weighted by Gasteiger charge is -2.19. The number of para-hydroxylation sites is 1. The highest BCUT2D eigenvalue weighted by atomic mass is 33.1. The van der Waals surface area contributed by atoms with E-state index in [4.69, 9.17) is 4.74 Å². The van der Waals surface area contributed by atoms with Crippen LogP contribution in [0.4, 0.5) is 0 Å². The van der Waals surface area contributed by atoms with Crippen LogP contribution in [0, 0.1) is 11.8 Å². The van der Waals surface area contributed by atoms with Crippen LogP contribution in [0.1, 0.15) is 55.3 Å².